The molecule has 3 aromatic rings. The van der Waals surface area contributed by atoms with Crippen LogP contribution in [-0.4, -0.2) is 76.1 Å². The minimum atomic E-state index is -0.844. The third kappa shape index (κ3) is 9.80. The lowest BCUT2D eigenvalue weighted by Crippen LogP contribution is -2.30. The van der Waals surface area contributed by atoms with Gasteiger partial charge in [-0.15, -0.1) is 5.10 Å². The summed E-state index contributed by atoms with van der Waals surface area (Å²) in [6, 6.07) is 8.32. The molecule has 0 spiro atoms. The molecule has 1 aliphatic heterocycles. The topological polar surface area (TPSA) is 174 Å². The molecule has 1 aliphatic rings. The number of phenolic OH excluding ortho intramolecular Hbond substituents is 2. The Kier molecular flexibility index (Phi) is 13.4. The van der Waals surface area contributed by atoms with Gasteiger partial charge < -0.3 is 35.1 Å². The van der Waals surface area contributed by atoms with Gasteiger partial charge in [-0.1, -0.05) is 24.3 Å². The van der Waals surface area contributed by atoms with Crippen LogP contribution < -0.4 is 15.4 Å². The molecule has 48 heavy (non-hydrogen) atoms. The number of ketones is 1. The Hall–Kier alpha value is -4.43. The first-order valence-corrected chi connectivity index (χ1v) is 16.6. The summed E-state index contributed by atoms with van der Waals surface area (Å²) in [5.74, 6) is -1.51. The number of anilines is 1. The normalized spacial score (nSPS) is 17.0. The molecular weight excluding hydrogens is 686 g/mol. The second-order valence-electron chi connectivity index (χ2n) is 11.5. The number of aromatic nitrogens is 3. The maximum absolute atomic E-state index is 13.6. The number of methoxy groups -OCH3 is 2. The van der Waals surface area contributed by atoms with Crippen molar-refractivity contribution in [1.82, 2.24) is 20.1 Å². The number of nitrogens with zero attached hydrogens (tertiary/aromatic N) is 3. The number of amides is 1. The molecule has 4 N–H and O–H groups in total. The van der Waals surface area contributed by atoms with Gasteiger partial charge in [0.2, 0.25) is 16.6 Å². The smallest absolute Gasteiger partial charge is 0.342 e. The molecule has 0 saturated heterocycles. The van der Waals surface area contributed by atoms with Gasteiger partial charge in [-0.25, -0.2) is 9.48 Å². The molecule has 13 nitrogen and oxygen atoms in total. The van der Waals surface area contributed by atoms with Crippen LogP contribution in [0.15, 0.2) is 41.1 Å². The van der Waals surface area contributed by atoms with Crippen molar-refractivity contribution >= 4 is 45.6 Å². The zero-order chi connectivity index (χ0) is 34.6. The lowest BCUT2D eigenvalue weighted by Gasteiger charge is -2.23. The van der Waals surface area contributed by atoms with E-state index in [2.05, 4.69) is 36.6 Å². The molecule has 2 atom stereocenters. The van der Waals surface area contributed by atoms with Crippen LogP contribution in [-0.2, 0) is 25.8 Å². The Morgan fingerprint density at radius 1 is 1.15 bits per heavy atom. The van der Waals surface area contributed by atoms with Gasteiger partial charge in [-0.05, 0) is 77.9 Å². The average Bonchev–Trinajstić information content (AvgIpc) is 3.40. The fraction of sp³-hybridized carbons (Fsp3) is 0.441. The van der Waals surface area contributed by atoms with E-state index in [4.69, 9.17) is 14.2 Å². The predicted octanol–water partition coefficient (Wildman–Crippen LogP) is 5.30. The van der Waals surface area contributed by atoms with Gasteiger partial charge in [0, 0.05) is 50.9 Å². The van der Waals surface area contributed by atoms with E-state index in [0.29, 0.717) is 67.1 Å². The molecule has 0 aliphatic carbocycles. The number of rotatable bonds is 11. The molecule has 0 saturated carbocycles. The number of benzene rings is 2. The maximum Gasteiger partial charge on any atom is 0.342 e. The lowest BCUT2D eigenvalue weighted by molar-refractivity contribution is -0.121. The van der Waals surface area contributed by atoms with E-state index in [9.17, 15) is 24.6 Å². The van der Waals surface area contributed by atoms with Crippen molar-refractivity contribution in [2.75, 3.05) is 32.6 Å². The minimum absolute atomic E-state index is 0.0226. The highest BCUT2D eigenvalue weighted by molar-refractivity contribution is 9.10. The summed E-state index contributed by atoms with van der Waals surface area (Å²) < 4.78 is 18.0. The summed E-state index contributed by atoms with van der Waals surface area (Å²) in [5, 5.41) is 33.2. The molecular formula is C34H42BrN5O8. The van der Waals surface area contributed by atoms with E-state index in [0.717, 1.165) is 0 Å². The number of carbonyl (C=O) groups is 3. The van der Waals surface area contributed by atoms with Crippen LogP contribution in [0, 0.1) is 0 Å². The SMILES string of the molecule is COCn1nc(Br)nc1NCCNC(=O)CC(c1ccc(OC)cc1)c1c(O)cc2c(c1O)C(=O)O[C@@H](C)CCCC(=O)CCC/C=C/2. The summed E-state index contributed by atoms with van der Waals surface area (Å²) in [6.07, 6.45) is 5.92. The summed E-state index contributed by atoms with van der Waals surface area (Å²) in [5.41, 5.74) is 0.796. The van der Waals surface area contributed by atoms with Gasteiger partial charge in [0.05, 0.1) is 13.2 Å². The van der Waals surface area contributed by atoms with Gasteiger partial charge >= 0.3 is 5.97 Å². The van der Waals surface area contributed by atoms with Gasteiger partial charge in [0.1, 0.15) is 35.3 Å². The quantitative estimate of drug-likeness (QED) is 0.149. The maximum atomic E-state index is 13.6. The number of phenols is 2. The Morgan fingerprint density at radius 3 is 2.62 bits per heavy atom. The number of ether oxygens (including phenoxy) is 3. The number of fused-ring (bicyclic) bond motifs is 1. The van der Waals surface area contributed by atoms with Crippen LogP contribution in [0.3, 0.4) is 0 Å². The molecule has 0 bridgehead atoms. The van der Waals surface area contributed by atoms with Crippen molar-refractivity contribution in [3.05, 3.63) is 63.4 Å². The van der Waals surface area contributed by atoms with E-state index < -0.39 is 23.7 Å². The summed E-state index contributed by atoms with van der Waals surface area (Å²) in [4.78, 5) is 43.3. The largest absolute Gasteiger partial charge is 0.507 e. The van der Waals surface area contributed by atoms with E-state index in [1.165, 1.54) is 25.0 Å². The van der Waals surface area contributed by atoms with Crippen molar-refractivity contribution < 1.29 is 38.8 Å². The number of allylic oxidation sites excluding steroid dienone is 1. The van der Waals surface area contributed by atoms with E-state index in [-0.39, 0.29) is 53.8 Å². The van der Waals surface area contributed by atoms with Crippen LogP contribution >= 0.6 is 15.9 Å². The van der Waals surface area contributed by atoms with Crippen LogP contribution in [0.25, 0.3) is 6.08 Å². The molecule has 1 amide bonds. The second-order valence-corrected chi connectivity index (χ2v) is 12.2. The van der Waals surface area contributed by atoms with Crippen LogP contribution in [0.2, 0.25) is 0 Å². The molecule has 1 aromatic heterocycles. The molecule has 1 unspecified atom stereocenters. The molecule has 2 aromatic carbocycles. The summed E-state index contributed by atoms with van der Waals surface area (Å²) in [6.45, 7) is 2.48. The van der Waals surface area contributed by atoms with E-state index in [1.54, 1.807) is 43.3 Å². The molecule has 2 heterocycles. The zero-order valence-electron chi connectivity index (χ0n) is 27.3. The Labute approximate surface area is 287 Å². The van der Waals surface area contributed by atoms with Gasteiger partial charge in [0.25, 0.3) is 0 Å². The van der Waals surface area contributed by atoms with Crippen molar-refractivity contribution in [2.45, 2.75) is 70.6 Å². The van der Waals surface area contributed by atoms with Crippen molar-refractivity contribution in [3.8, 4) is 17.2 Å². The Balaban J connectivity index is 1.63. The number of nitrogens with one attached hydrogen (secondary N) is 2. The number of esters is 1. The standard InChI is InChI=1S/C34H42BrN5O8/c1-21-8-7-11-24(41)10-6-4-5-9-23-18-27(42)30(31(44)29(23)32(45)48-21)26(22-12-14-25(47-3)15-13-22)19-28(43)36-16-17-37-34-38-33(35)39-40(34)20-46-2/h5,9,12-15,18,21,26,42,44H,4,6-8,10-11,16-17,19-20H2,1-3H3,(H,36,43)(H,37,38,39)/b9-5+/t21-,26?/m0/s1. The fourth-order valence-corrected chi connectivity index (χ4v) is 5.89. The monoisotopic (exact) mass is 727 g/mol. The summed E-state index contributed by atoms with van der Waals surface area (Å²) in [7, 11) is 3.07. The highest BCUT2D eigenvalue weighted by Gasteiger charge is 2.31. The number of Topliss-reactive ketones (excluding diaryl/α,β-unsaturated/α-hetero) is 1. The third-order valence-electron chi connectivity index (χ3n) is 7.93. The fourth-order valence-electron chi connectivity index (χ4n) is 5.53. The number of hydrogen-bond donors (Lipinski definition) is 4. The van der Waals surface area contributed by atoms with Crippen LogP contribution in [0.1, 0.15) is 84.8 Å². The van der Waals surface area contributed by atoms with E-state index >= 15 is 0 Å². The molecule has 0 fully saturated rings. The molecule has 0 radical (unpaired) electrons. The number of halogens is 1. The van der Waals surface area contributed by atoms with Crippen molar-refractivity contribution in [1.29, 1.82) is 0 Å². The Bertz CT molecular complexity index is 1610. The van der Waals surface area contributed by atoms with Gasteiger partial charge in [-0.3, -0.25) is 9.59 Å². The van der Waals surface area contributed by atoms with Crippen molar-refractivity contribution in [2.24, 2.45) is 0 Å². The second kappa shape index (κ2) is 17.6. The average molecular weight is 729 g/mol. The van der Waals surface area contributed by atoms with E-state index in [1.807, 2.05) is 0 Å². The van der Waals surface area contributed by atoms with Gasteiger partial charge in [-0.2, -0.15) is 4.98 Å². The van der Waals surface area contributed by atoms with Crippen LogP contribution in [0.5, 0.6) is 17.2 Å². The zero-order valence-corrected chi connectivity index (χ0v) is 28.9. The number of aromatic hydroxyl groups is 2. The van der Waals surface area contributed by atoms with Gasteiger partial charge in [0.15, 0.2) is 0 Å². The number of cyclic esters (lactones) is 1. The summed E-state index contributed by atoms with van der Waals surface area (Å²) >= 11 is 3.24. The molecule has 14 heteroatoms. The minimum Gasteiger partial charge on any atom is -0.507 e. The molecule has 258 valence electrons. The first kappa shape index (κ1) is 36.4. The predicted molar refractivity (Wildman–Crippen MR) is 182 cm³/mol. The highest BCUT2D eigenvalue weighted by Crippen LogP contribution is 2.44. The number of hydrogen-bond acceptors (Lipinski definition) is 11. The van der Waals surface area contributed by atoms with Crippen molar-refractivity contribution in [3.63, 3.8) is 0 Å². The Morgan fingerprint density at radius 2 is 1.90 bits per heavy atom. The number of carbonyl (C=O) groups excluding carboxylic acids is 3. The van der Waals surface area contributed by atoms with Crippen LogP contribution in [0.4, 0.5) is 5.95 Å². The molecule has 4 rings (SSSR count). The first-order chi connectivity index (χ1) is 23.1. The lowest BCUT2D eigenvalue weighted by atomic mass is 9.84. The first-order valence-electron chi connectivity index (χ1n) is 15.8. The third-order valence-corrected chi connectivity index (χ3v) is 8.27. The highest BCUT2D eigenvalue weighted by atomic mass is 79.9.